The number of sulfonamides is 1. The summed E-state index contributed by atoms with van der Waals surface area (Å²) in [6, 6.07) is 11.5. The van der Waals surface area contributed by atoms with Crippen molar-refractivity contribution in [3.8, 4) is 0 Å². The number of non-ortho nitro benzene ring substituents is 1. The van der Waals surface area contributed by atoms with Gasteiger partial charge in [0.25, 0.3) is 5.69 Å². The highest BCUT2D eigenvalue weighted by atomic mass is 32.2. The van der Waals surface area contributed by atoms with Crippen LogP contribution in [-0.4, -0.2) is 63.3 Å². The lowest BCUT2D eigenvalue weighted by Gasteiger charge is -2.26. The number of hydrogen-bond donors (Lipinski definition) is 1. The maximum atomic E-state index is 13.1. The Morgan fingerprint density at radius 3 is 2.41 bits per heavy atom. The quantitative estimate of drug-likeness (QED) is 0.347. The molecule has 1 saturated heterocycles. The number of nitrogens with one attached hydrogen (secondary N) is 1. The summed E-state index contributed by atoms with van der Waals surface area (Å²) in [5, 5.41) is 15.4. The van der Waals surface area contributed by atoms with Crippen molar-refractivity contribution in [1.82, 2.24) is 4.31 Å². The van der Waals surface area contributed by atoms with Crippen LogP contribution < -0.4 is 10.3 Å². The smallest absolute Gasteiger partial charge is 0.270 e. The van der Waals surface area contributed by atoms with Gasteiger partial charge in [0.2, 0.25) is 10.0 Å². The summed E-state index contributed by atoms with van der Waals surface area (Å²) in [5.74, 6) is 0. The molecule has 1 fully saturated rings. The average Bonchev–Trinajstić information content (AvgIpc) is 2.81. The third-order valence-electron chi connectivity index (χ3n) is 5.18. The van der Waals surface area contributed by atoms with Crippen LogP contribution in [0, 0.1) is 10.1 Å². The summed E-state index contributed by atoms with van der Waals surface area (Å²) in [4.78, 5) is 12.6. The minimum atomic E-state index is -3.96. The average molecular weight is 462 g/mol. The van der Waals surface area contributed by atoms with Gasteiger partial charge in [0, 0.05) is 44.0 Å². The number of rotatable bonds is 9. The Morgan fingerprint density at radius 2 is 1.81 bits per heavy atom. The lowest BCUT2D eigenvalue weighted by Crippen LogP contribution is -2.40. The lowest BCUT2D eigenvalue weighted by atomic mass is 10.2. The number of anilines is 2. The van der Waals surface area contributed by atoms with Gasteiger partial charge in [-0.1, -0.05) is 12.1 Å². The fourth-order valence-electron chi connectivity index (χ4n) is 3.39. The van der Waals surface area contributed by atoms with Crippen LogP contribution in [-0.2, 0) is 14.8 Å². The molecule has 172 valence electrons. The molecule has 2 aromatic carbocycles. The van der Waals surface area contributed by atoms with E-state index in [1.54, 1.807) is 6.21 Å². The Labute approximate surface area is 187 Å². The van der Waals surface area contributed by atoms with Gasteiger partial charge in [0.15, 0.2) is 0 Å². The number of nitrogens with zero attached hydrogens (tertiary/aromatic N) is 4. The van der Waals surface area contributed by atoms with Crippen molar-refractivity contribution in [1.29, 1.82) is 0 Å². The summed E-state index contributed by atoms with van der Waals surface area (Å²) in [6.07, 6.45) is 1.57. The fourth-order valence-corrected chi connectivity index (χ4v) is 4.96. The molecular formula is C21H27N5O5S. The second kappa shape index (κ2) is 10.5. The number of ether oxygens (including phenoxy) is 1. The Balaban J connectivity index is 1.83. The topological polar surface area (TPSA) is 117 Å². The molecule has 2 aromatic rings. The maximum absolute atomic E-state index is 13.1. The summed E-state index contributed by atoms with van der Waals surface area (Å²) >= 11 is 0. The van der Waals surface area contributed by atoms with Gasteiger partial charge in [-0.3, -0.25) is 15.5 Å². The molecule has 0 atom stereocenters. The largest absolute Gasteiger partial charge is 0.379 e. The Morgan fingerprint density at radius 1 is 1.16 bits per heavy atom. The van der Waals surface area contributed by atoms with Crippen molar-refractivity contribution < 1.29 is 18.1 Å². The molecule has 32 heavy (non-hydrogen) atoms. The molecule has 1 N–H and O–H groups in total. The summed E-state index contributed by atoms with van der Waals surface area (Å²) in [7, 11) is -3.96. The molecule has 0 radical (unpaired) electrons. The third kappa shape index (κ3) is 5.42. The predicted octanol–water partition coefficient (Wildman–Crippen LogP) is 2.91. The van der Waals surface area contributed by atoms with Gasteiger partial charge in [0.1, 0.15) is 4.90 Å². The maximum Gasteiger partial charge on any atom is 0.270 e. The molecule has 0 bridgehead atoms. The van der Waals surface area contributed by atoms with Crippen LogP contribution in [0.2, 0.25) is 0 Å². The SMILES string of the molecule is CCN(CC)c1ccc(/C=N/Nc2ccc([N+](=O)[O-])cc2S(=O)(=O)N2CCOCC2)cc1. The van der Waals surface area contributed by atoms with Gasteiger partial charge >= 0.3 is 0 Å². The van der Waals surface area contributed by atoms with E-state index in [1.165, 1.54) is 16.4 Å². The summed E-state index contributed by atoms with van der Waals surface area (Å²) in [5.41, 5.74) is 4.52. The number of benzene rings is 2. The molecule has 10 nitrogen and oxygen atoms in total. The van der Waals surface area contributed by atoms with Gasteiger partial charge < -0.3 is 9.64 Å². The van der Waals surface area contributed by atoms with E-state index < -0.39 is 14.9 Å². The highest BCUT2D eigenvalue weighted by molar-refractivity contribution is 7.89. The van der Waals surface area contributed by atoms with Crippen molar-refractivity contribution in [2.45, 2.75) is 18.7 Å². The minimum Gasteiger partial charge on any atom is -0.379 e. The molecule has 1 aliphatic heterocycles. The van der Waals surface area contributed by atoms with E-state index in [9.17, 15) is 18.5 Å². The first-order valence-corrected chi connectivity index (χ1v) is 11.8. The van der Waals surface area contributed by atoms with Gasteiger partial charge in [-0.25, -0.2) is 8.42 Å². The number of hydrogen-bond acceptors (Lipinski definition) is 8. The van der Waals surface area contributed by atoms with E-state index in [0.29, 0.717) is 0 Å². The predicted molar refractivity (Wildman–Crippen MR) is 124 cm³/mol. The van der Waals surface area contributed by atoms with Crippen LogP contribution in [0.5, 0.6) is 0 Å². The number of hydrazone groups is 1. The molecular weight excluding hydrogens is 434 g/mol. The highest BCUT2D eigenvalue weighted by Crippen LogP contribution is 2.29. The van der Waals surface area contributed by atoms with E-state index in [0.717, 1.165) is 30.4 Å². The van der Waals surface area contributed by atoms with Gasteiger partial charge in [-0.05, 0) is 37.6 Å². The molecule has 0 unspecified atom stereocenters. The summed E-state index contributed by atoms with van der Waals surface area (Å²) in [6.45, 7) is 6.93. The van der Waals surface area contributed by atoms with Crippen LogP contribution in [0.3, 0.4) is 0 Å². The summed E-state index contributed by atoms with van der Waals surface area (Å²) < 4.78 is 32.7. The van der Waals surface area contributed by atoms with E-state index in [-0.39, 0.29) is 42.6 Å². The molecule has 11 heteroatoms. The zero-order valence-electron chi connectivity index (χ0n) is 18.1. The van der Waals surface area contributed by atoms with Crippen LogP contribution in [0.4, 0.5) is 17.1 Å². The van der Waals surface area contributed by atoms with Crippen molar-refractivity contribution in [2.75, 3.05) is 49.7 Å². The molecule has 3 rings (SSSR count). The van der Waals surface area contributed by atoms with Crippen molar-refractivity contribution in [3.05, 3.63) is 58.1 Å². The third-order valence-corrected chi connectivity index (χ3v) is 7.12. The Hall–Kier alpha value is -3.02. The Bertz CT molecular complexity index is 1060. The first kappa shape index (κ1) is 23.6. The van der Waals surface area contributed by atoms with E-state index >= 15 is 0 Å². The van der Waals surface area contributed by atoms with Gasteiger partial charge in [0.05, 0.1) is 30.0 Å². The first-order valence-electron chi connectivity index (χ1n) is 10.4. The molecule has 0 aromatic heterocycles. The van der Waals surface area contributed by atoms with Gasteiger partial charge in [-0.2, -0.15) is 9.41 Å². The number of morpholine rings is 1. The van der Waals surface area contributed by atoms with Crippen LogP contribution in [0.15, 0.2) is 52.5 Å². The van der Waals surface area contributed by atoms with Gasteiger partial charge in [-0.15, -0.1) is 0 Å². The Kier molecular flexibility index (Phi) is 7.78. The minimum absolute atomic E-state index is 0.165. The molecule has 1 aliphatic rings. The molecule has 0 amide bonds. The number of nitro benzene ring substituents is 1. The second-order valence-corrected chi connectivity index (χ2v) is 8.99. The second-order valence-electron chi connectivity index (χ2n) is 7.09. The van der Waals surface area contributed by atoms with Crippen molar-refractivity contribution in [2.24, 2.45) is 5.10 Å². The molecule has 0 spiro atoms. The van der Waals surface area contributed by atoms with E-state index in [2.05, 4.69) is 29.3 Å². The standard InChI is InChI=1S/C21H27N5O5S/c1-3-24(4-2)18-7-5-17(6-8-18)16-22-23-20-10-9-19(26(27)28)15-21(20)32(29,30)25-11-13-31-14-12-25/h5-10,15-16,23H,3-4,11-14H2,1-2H3/b22-16+. The monoisotopic (exact) mass is 461 g/mol. The van der Waals surface area contributed by atoms with Crippen molar-refractivity contribution >= 4 is 33.3 Å². The lowest BCUT2D eigenvalue weighted by molar-refractivity contribution is -0.385. The first-order chi connectivity index (χ1) is 15.4. The zero-order chi connectivity index (χ0) is 23.1. The van der Waals surface area contributed by atoms with E-state index in [4.69, 9.17) is 4.74 Å². The highest BCUT2D eigenvalue weighted by Gasteiger charge is 2.30. The van der Waals surface area contributed by atoms with Crippen LogP contribution in [0.1, 0.15) is 19.4 Å². The fraction of sp³-hybridized carbons (Fsp3) is 0.381. The van der Waals surface area contributed by atoms with E-state index in [1.807, 2.05) is 24.3 Å². The van der Waals surface area contributed by atoms with Crippen LogP contribution in [0.25, 0.3) is 0 Å². The molecule has 0 aliphatic carbocycles. The zero-order valence-corrected chi connectivity index (χ0v) is 18.9. The van der Waals surface area contributed by atoms with Crippen LogP contribution >= 0.6 is 0 Å². The molecule has 0 saturated carbocycles. The molecule has 1 heterocycles. The number of nitro groups is 1. The van der Waals surface area contributed by atoms with Crippen molar-refractivity contribution in [3.63, 3.8) is 0 Å². The normalized spacial score (nSPS) is 15.1.